The second-order valence-corrected chi connectivity index (χ2v) is 2.48. The van der Waals surface area contributed by atoms with Crippen LogP contribution in [0, 0.1) is 0 Å². The molecule has 0 aliphatic carbocycles. The predicted molar refractivity (Wildman–Crippen MR) is 41.4 cm³/mol. The minimum atomic E-state index is -0.997. The van der Waals surface area contributed by atoms with E-state index in [4.69, 9.17) is 5.11 Å². The molecule has 0 saturated heterocycles. The van der Waals surface area contributed by atoms with Gasteiger partial charge in [-0.15, -0.1) is 0 Å². The molecule has 0 aromatic heterocycles. The average molecular weight is 154 g/mol. The van der Waals surface area contributed by atoms with Crippen molar-refractivity contribution in [3.63, 3.8) is 0 Å². The van der Waals surface area contributed by atoms with Gasteiger partial charge in [0.15, 0.2) is 5.70 Å². The highest BCUT2D eigenvalue weighted by atomic mass is 16.4. The molecule has 0 radical (unpaired) electrons. The first-order valence-electron chi connectivity index (χ1n) is 3.36. The maximum absolute atomic E-state index is 10.4. The zero-order valence-corrected chi connectivity index (χ0v) is 6.46. The molecule has 4 nitrogen and oxygen atoms in total. The summed E-state index contributed by atoms with van der Waals surface area (Å²) < 4.78 is 0. The largest absolute Gasteiger partial charge is 0.476 e. The van der Waals surface area contributed by atoms with Gasteiger partial charge in [-0.05, 0) is 13.8 Å². The van der Waals surface area contributed by atoms with Gasteiger partial charge < -0.3 is 10.4 Å². The lowest BCUT2D eigenvalue weighted by Gasteiger charge is -2.16. The third kappa shape index (κ3) is 1.58. The van der Waals surface area contributed by atoms with Crippen LogP contribution < -0.4 is 5.32 Å². The quantitative estimate of drug-likeness (QED) is 0.573. The summed E-state index contributed by atoms with van der Waals surface area (Å²) in [7, 11) is 0. The predicted octanol–water partition coefficient (Wildman–Crippen LogP) is 0.365. The molecule has 0 amide bonds. The molecule has 0 fully saturated rings. The molecule has 4 heteroatoms. The highest BCUT2D eigenvalue weighted by Gasteiger charge is 2.14. The lowest BCUT2D eigenvalue weighted by Crippen LogP contribution is -2.32. The Morgan fingerprint density at radius 2 is 2.45 bits per heavy atom. The van der Waals surface area contributed by atoms with E-state index >= 15 is 0 Å². The minimum Gasteiger partial charge on any atom is -0.476 e. The summed E-state index contributed by atoms with van der Waals surface area (Å²) in [5.41, 5.74) is 0.866. The van der Waals surface area contributed by atoms with Gasteiger partial charge in [-0.25, -0.2) is 9.79 Å². The standard InChI is InChI=1S/C7H10N2O2/c1-4-5(2)9-6(3-8-4)7(10)11/h3-4,8H,1-2H3,(H,10,11)/t4-/m1/s1. The summed E-state index contributed by atoms with van der Waals surface area (Å²) >= 11 is 0. The summed E-state index contributed by atoms with van der Waals surface area (Å²) in [6, 6.07) is 0.137. The van der Waals surface area contributed by atoms with E-state index in [0.29, 0.717) is 0 Å². The van der Waals surface area contributed by atoms with Crippen LogP contribution in [0.2, 0.25) is 0 Å². The molecule has 0 aromatic carbocycles. The SMILES string of the molecule is CC1=NC(C(=O)O)=CN[C@@H]1C. The van der Waals surface area contributed by atoms with E-state index < -0.39 is 5.97 Å². The molecular weight excluding hydrogens is 144 g/mol. The normalized spacial score (nSPS) is 23.3. The number of rotatable bonds is 1. The van der Waals surface area contributed by atoms with Gasteiger partial charge in [0.05, 0.1) is 6.04 Å². The van der Waals surface area contributed by atoms with Crippen LogP contribution in [-0.2, 0) is 4.79 Å². The van der Waals surface area contributed by atoms with Crippen molar-refractivity contribution in [3.8, 4) is 0 Å². The van der Waals surface area contributed by atoms with Crippen molar-refractivity contribution in [2.45, 2.75) is 19.9 Å². The van der Waals surface area contributed by atoms with Gasteiger partial charge >= 0.3 is 5.97 Å². The molecule has 0 saturated carbocycles. The minimum absolute atomic E-state index is 0.0700. The molecule has 1 aliphatic rings. The zero-order chi connectivity index (χ0) is 8.43. The molecule has 0 bridgehead atoms. The number of aliphatic imine (C=N–C) groups is 1. The number of carbonyl (C=O) groups is 1. The van der Waals surface area contributed by atoms with E-state index in [1.807, 2.05) is 6.92 Å². The molecule has 1 heterocycles. The van der Waals surface area contributed by atoms with Crippen molar-refractivity contribution in [2.24, 2.45) is 4.99 Å². The average Bonchev–Trinajstić information content (AvgIpc) is 1.94. The Bertz CT molecular complexity index is 243. The van der Waals surface area contributed by atoms with Crippen molar-refractivity contribution in [3.05, 3.63) is 11.9 Å². The number of nitrogens with one attached hydrogen (secondary N) is 1. The molecule has 0 spiro atoms. The molecule has 1 aliphatic heterocycles. The van der Waals surface area contributed by atoms with Gasteiger partial charge in [0, 0.05) is 11.9 Å². The van der Waals surface area contributed by atoms with Crippen LogP contribution in [0.15, 0.2) is 16.9 Å². The summed E-state index contributed by atoms with van der Waals surface area (Å²) in [6.45, 7) is 3.72. The number of aliphatic carboxylic acids is 1. The fraction of sp³-hybridized carbons (Fsp3) is 0.429. The lowest BCUT2D eigenvalue weighted by molar-refractivity contribution is -0.132. The lowest BCUT2D eigenvalue weighted by atomic mass is 10.2. The fourth-order valence-corrected chi connectivity index (χ4v) is 0.753. The first-order chi connectivity index (χ1) is 5.11. The van der Waals surface area contributed by atoms with Crippen LogP contribution in [0.3, 0.4) is 0 Å². The smallest absolute Gasteiger partial charge is 0.355 e. The Labute approximate surface area is 64.6 Å². The zero-order valence-electron chi connectivity index (χ0n) is 6.46. The Morgan fingerprint density at radius 1 is 1.82 bits per heavy atom. The third-order valence-electron chi connectivity index (χ3n) is 1.61. The molecule has 1 rings (SSSR count). The highest BCUT2D eigenvalue weighted by Crippen LogP contribution is 2.04. The number of nitrogens with zero attached hydrogens (tertiary/aromatic N) is 1. The van der Waals surface area contributed by atoms with E-state index in [1.54, 1.807) is 6.92 Å². The van der Waals surface area contributed by atoms with Crippen LogP contribution in [0.5, 0.6) is 0 Å². The second kappa shape index (κ2) is 2.74. The van der Waals surface area contributed by atoms with Gasteiger partial charge in [-0.1, -0.05) is 0 Å². The Hall–Kier alpha value is -1.32. The van der Waals surface area contributed by atoms with E-state index in [1.165, 1.54) is 6.20 Å². The topological polar surface area (TPSA) is 61.7 Å². The van der Waals surface area contributed by atoms with E-state index in [9.17, 15) is 4.79 Å². The van der Waals surface area contributed by atoms with Crippen molar-refractivity contribution < 1.29 is 9.90 Å². The van der Waals surface area contributed by atoms with Gasteiger partial charge in [0.2, 0.25) is 0 Å². The first kappa shape index (κ1) is 7.78. The van der Waals surface area contributed by atoms with Crippen molar-refractivity contribution in [1.82, 2.24) is 5.32 Å². The summed E-state index contributed by atoms with van der Waals surface area (Å²) in [5.74, 6) is -0.997. The molecular formula is C7H10N2O2. The molecule has 2 N–H and O–H groups in total. The Kier molecular flexibility index (Phi) is 1.94. The Balaban J connectivity index is 2.83. The van der Waals surface area contributed by atoms with Gasteiger partial charge in [-0.3, -0.25) is 0 Å². The van der Waals surface area contributed by atoms with Gasteiger partial charge in [0.1, 0.15) is 0 Å². The molecule has 60 valence electrons. The molecule has 1 atom stereocenters. The Morgan fingerprint density at radius 3 is 2.91 bits per heavy atom. The van der Waals surface area contributed by atoms with Crippen LogP contribution in [-0.4, -0.2) is 22.8 Å². The van der Waals surface area contributed by atoms with Crippen LogP contribution in [0.4, 0.5) is 0 Å². The maximum Gasteiger partial charge on any atom is 0.355 e. The van der Waals surface area contributed by atoms with Crippen molar-refractivity contribution in [2.75, 3.05) is 0 Å². The first-order valence-corrected chi connectivity index (χ1v) is 3.36. The summed E-state index contributed by atoms with van der Waals surface area (Å²) in [5, 5.41) is 11.4. The summed E-state index contributed by atoms with van der Waals surface area (Å²) in [4.78, 5) is 14.3. The van der Waals surface area contributed by atoms with E-state index in [0.717, 1.165) is 5.71 Å². The molecule has 0 unspecified atom stereocenters. The maximum atomic E-state index is 10.4. The number of carboxylic acid groups (broad SMARTS) is 1. The monoisotopic (exact) mass is 154 g/mol. The fourth-order valence-electron chi connectivity index (χ4n) is 0.753. The highest BCUT2D eigenvalue weighted by molar-refractivity contribution is 5.95. The number of hydrogen-bond acceptors (Lipinski definition) is 3. The van der Waals surface area contributed by atoms with Crippen LogP contribution >= 0.6 is 0 Å². The number of hydrogen-bond donors (Lipinski definition) is 2. The van der Waals surface area contributed by atoms with Crippen LogP contribution in [0.1, 0.15) is 13.8 Å². The van der Waals surface area contributed by atoms with E-state index in [-0.39, 0.29) is 11.7 Å². The molecule has 11 heavy (non-hydrogen) atoms. The summed E-state index contributed by atoms with van der Waals surface area (Å²) in [6.07, 6.45) is 1.42. The van der Waals surface area contributed by atoms with E-state index in [2.05, 4.69) is 10.3 Å². The van der Waals surface area contributed by atoms with Crippen molar-refractivity contribution in [1.29, 1.82) is 0 Å². The van der Waals surface area contributed by atoms with Gasteiger partial charge in [0.25, 0.3) is 0 Å². The third-order valence-corrected chi connectivity index (χ3v) is 1.61. The van der Waals surface area contributed by atoms with Crippen molar-refractivity contribution >= 4 is 11.7 Å². The molecule has 0 aromatic rings. The van der Waals surface area contributed by atoms with Gasteiger partial charge in [-0.2, -0.15) is 0 Å². The second-order valence-electron chi connectivity index (χ2n) is 2.48. The van der Waals surface area contributed by atoms with Crippen LogP contribution in [0.25, 0.3) is 0 Å². The number of carboxylic acids is 1.